The molecule has 1 fully saturated rings. The minimum absolute atomic E-state index is 0.161. The summed E-state index contributed by atoms with van der Waals surface area (Å²) in [5.74, 6) is 0.336. The number of nitrogens with zero attached hydrogens (tertiary/aromatic N) is 1. The Bertz CT molecular complexity index is 333. The van der Waals surface area contributed by atoms with Crippen molar-refractivity contribution in [1.82, 2.24) is 15.6 Å². The number of amides is 1. The van der Waals surface area contributed by atoms with Gasteiger partial charge >= 0.3 is 0 Å². The number of hydrogen-bond donors (Lipinski definition) is 2. The first-order chi connectivity index (χ1) is 7.86. The first-order valence-corrected chi connectivity index (χ1v) is 5.73. The van der Waals surface area contributed by atoms with Crippen LogP contribution < -0.4 is 10.6 Å². The first-order valence-electron chi connectivity index (χ1n) is 5.73. The summed E-state index contributed by atoms with van der Waals surface area (Å²) in [5.41, 5.74) is 1.16. The van der Waals surface area contributed by atoms with Crippen LogP contribution in [0, 0.1) is 5.92 Å². The lowest BCUT2D eigenvalue weighted by Gasteiger charge is -2.09. The Morgan fingerprint density at radius 1 is 1.62 bits per heavy atom. The van der Waals surface area contributed by atoms with Gasteiger partial charge in [-0.15, -0.1) is 0 Å². The molecule has 4 nitrogen and oxygen atoms in total. The number of aromatic nitrogens is 1. The lowest BCUT2D eigenvalue weighted by atomic mass is 10.1. The van der Waals surface area contributed by atoms with Crippen LogP contribution in [0.3, 0.4) is 0 Å². The maximum atomic E-state index is 11.7. The molecule has 0 aliphatic carbocycles. The fourth-order valence-corrected chi connectivity index (χ4v) is 1.90. The van der Waals surface area contributed by atoms with E-state index in [4.69, 9.17) is 0 Å². The normalized spacial score (nSPS) is 19.6. The Balaban J connectivity index is 1.70. The molecule has 1 aromatic heterocycles. The lowest BCUT2D eigenvalue weighted by Crippen LogP contribution is -2.33. The van der Waals surface area contributed by atoms with Crippen LogP contribution in [-0.4, -0.2) is 30.5 Å². The first kappa shape index (κ1) is 11.1. The van der Waals surface area contributed by atoms with Crippen molar-refractivity contribution in [1.29, 1.82) is 0 Å². The van der Waals surface area contributed by atoms with Crippen LogP contribution in [0.2, 0.25) is 0 Å². The van der Waals surface area contributed by atoms with Gasteiger partial charge in [-0.2, -0.15) is 0 Å². The lowest BCUT2D eigenvalue weighted by molar-refractivity contribution is -0.124. The minimum atomic E-state index is 0.161. The summed E-state index contributed by atoms with van der Waals surface area (Å²) in [6.45, 7) is 2.47. The molecule has 1 unspecified atom stereocenters. The molecular formula is C12H17N3O. The van der Waals surface area contributed by atoms with Crippen molar-refractivity contribution in [2.75, 3.05) is 19.6 Å². The molecule has 0 radical (unpaired) electrons. The third-order valence-corrected chi connectivity index (χ3v) is 2.87. The molecule has 1 aliphatic heterocycles. The van der Waals surface area contributed by atoms with Gasteiger partial charge in [0.15, 0.2) is 0 Å². The van der Waals surface area contributed by atoms with Gasteiger partial charge in [-0.1, -0.05) is 6.07 Å². The third kappa shape index (κ3) is 3.03. The number of pyridine rings is 1. The summed E-state index contributed by atoms with van der Waals surface area (Å²) >= 11 is 0. The number of rotatable bonds is 4. The van der Waals surface area contributed by atoms with Gasteiger partial charge in [0.05, 0.1) is 5.92 Å². The Labute approximate surface area is 95.5 Å². The zero-order valence-electron chi connectivity index (χ0n) is 9.28. The highest BCUT2D eigenvalue weighted by atomic mass is 16.1. The summed E-state index contributed by atoms with van der Waals surface area (Å²) in [5, 5.41) is 6.16. The predicted molar refractivity (Wildman–Crippen MR) is 61.9 cm³/mol. The highest BCUT2D eigenvalue weighted by Gasteiger charge is 2.21. The summed E-state index contributed by atoms with van der Waals surface area (Å²) < 4.78 is 0. The Hall–Kier alpha value is -1.42. The van der Waals surface area contributed by atoms with Crippen molar-refractivity contribution in [3.8, 4) is 0 Å². The average Bonchev–Trinajstić information content (AvgIpc) is 2.84. The molecule has 1 amide bonds. The summed E-state index contributed by atoms with van der Waals surface area (Å²) in [6.07, 6.45) is 5.40. The molecule has 2 N–H and O–H groups in total. The number of carbonyl (C=O) groups is 1. The molecule has 1 saturated heterocycles. The van der Waals surface area contributed by atoms with Crippen LogP contribution in [0.5, 0.6) is 0 Å². The SMILES string of the molecule is O=C(NCCc1cccnc1)C1CCNC1. The maximum absolute atomic E-state index is 11.7. The zero-order chi connectivity index (χ0) is 11.2. The molecule has 4 heteroatoms. The van der Waals surface area contributed by atoms with E-state index in [1.807, 2.05) is 18.3 Å². The summed E-state index contributed by atoms with van der Waals surface area (Å²) in [6, 6.07) is 3.94. The summed E-state index contributed by atoms with van der Waals surface area (Å²) in [7, 11) is 0. The van der Waals surface area contributed by atoms with Crippen molar-refractivity contribution in [2.45, 2.75) is 12.8 Å². The monoisotopic (exact) mass is 219 g/mol. The molecule has 86 valence electrons. The predicted octanol–water partition coefficient (Wildman–Crippen LogP) is 0.350. The highest BCUT2D eigenvalue weighted by Crippen LogP contribution is 2.06. The molecule has 0 aromatic carbocycles. The van der Waals surface area contributed by atoms with E-state index >= 15 is 0 Å². The van der Waals surface area contributed by atoms with Crippen molar-refractivity contribution in [3.05, 3.63) is 30.1 Å². The highest BCUT2D eigenvalue weighted by molar-refractivity contribution is 5.79. The second kappa shape index (κ2) is 5.61. The Kier molecular flexibility index (Phi) is 3.88. The molecule has 2 heterocycles. The molecule has 0 spiro atoms. The standard InChI is InChI=1S/C12H17N3O/c16-12(11-4-6-14-9-11)15-7-3-10-2-1-5-13-8-10/h1-2,5,8,11,14H,3-4,6-7,9H2,(H,15,16). The maximum Gasteiger partial charge on any atom is 0.224 e. The molecule has 2 rings (SSSR count). The van der Waals surface area contributed by atoms with E-state index in [0.717, 1.165) is 31.5 Å². The smallest absolute Gasteiger partial charge is 0.224 e. The summed E-state index contributed by atoms with van der Waals surface area (Å²) in [4.78, 5) is 15.7. The van der Waals surface area contributed by atoms with E-state index in [1.165, 1.54) is 0 Å². The van der Waals surface area contributed by atoms with Crippen molar-refractivity contribution >= 4 is 5.91 Å². The molecular weight excluding hydrogens is 202 g/mol. The van der Waals surface area contributed by atoms with Crippen molar-refractivity contribution < 1.29 is 4.79 Å². The second-order valence-corrected chi connectivity index (χ2v) is 4.09. The number of hydrogen-bond acceptors (Lipinski definition) is 3. The van der Waals surface area contributed by atoms with E-state index in [0.29, 0.717) is 6.54 Å². The van der Waals surface area contributed by atoms with E-state index in [2.05, 4.69) is 15.6 Å². The van der Waals surface area contributed by atoms with E-state index in [1.54, 1.807) is 6.20 Å². The van der Waals surface area contributed by atoms with Gasteiger partial charge in [-0.3, -0.25) is 9.78 Å². The molecule has 16 heavy (non-hydrogen) atoms. The van der Waals surface area contributed by atoms with Crippen LogP contribution in [-0.2, 0) is 11.2 Å². The Morgan fingerprint density at radius 3 is 3.25 bits per heavy atom. The quantitative estimate of drug-likeness (QED) is 0.768. The van der Waals surface area contributed by atoms with Gasteiger partial charge in [-0.25, -0.2) is 0 Å². The fraction of sp³-hybridized carbons (Fsp3) is 0.500. The van der Waals surface area contributed by atoms with Gasteiger partial charge in [0, 0.05) is 25.5 Å². The van der Waals surface area contributed by atoms with E-state index < -0.39 is 0 Å². The van der Waals surface area contributed by atoms with Crippen molar-refractivity contribution in [3.63, 3.8) is 0 Å². The number of carbonyl (C=O) groups excluding carboxylic acids is 1. The second-order valence-electron chi connectivity index (χ2n) is 4.09. The van der Waals surface area contributed by atoms with Crippen LogP contribution in [0.4, 0.5) is 0 Å². The topological polar surface area (TPSA) is 54.0 Å². The molecule has 1 aromatic rings. The van der Waals surface area contributed by atoms with Crippen LogP contribution in [0.25, 0.3) is 0 Å². The third-order valence-electron chi connectivity index (χ3n) is 2.87. The van der Waals surface area contributed by atoms with E-state index in [9.17, 15) is 4.79 Å². The largest absolute Gasteiger partial charge is 0.355 e. The van der Waals surface area contributed by atoms with Gasteiger partial charge < -0.3 is 10.6 Å². The van der Waals surface area contributed by atoms with Crippen molar-refractivity contribution in [2.24, 2.45) is 5.92 Å². The van der Waals surface area contributed by atoms with Crippen LogP contribution >= 0.6 is 0 Å². The fourth-order valence-electron chi connectivity index (χ4n) is 1.90. The zero-order valence-corrected chi connectivity index (χ0v) is 9.28. The Morgan fingerprint density at radius 2 is 2.56 bits per heavy atom. The molecule has 1 atom stereocenters. The van der Waals surface area contributed by atoms with Gasteiger partial charge in [0.25, 0.3) is 0 Å². The molecule has 0 bridgehead atoms. The average molecular weight is 219 g/mol. The minimum Gasteiger partial charge on any atom is -0.355 e. The van der Waals surface area contributed by atoms with Crippen LogP contribution in [0.1, 0.15) is 12.0 Å². The van der Waals surface area contributed by atoms with Gasteiger partial charge in [0.2, 0.25) is 5.91 Å². The van der Waals surface area contributed by atoms with E-state index in [-0.39, 0.29) is 11.8 Å². The van der Waals surface area contributed by atoms with Gasteiger partial charge in [-0.05, 0) is 31.0 Å². The van der Waals surface area contributed by atoms with Gasteiger partial charge in [0.1, 0.15) is 0 Å². The molecule has 1 aliphatic rings. The number of nitrogens with one attached hydrogen (secondary N) is 2. The molecule has 0 saturated carbocycles. The van der Waals surface area contributed by atoms with Crippen LogP contribution in [0.15, 0.2) is 24.5 Å².